The van der Waals surface area contributed by atoms with Gasteiger partial charge in [0.2, 0.25) is 0 Å². The maximum atomic E-state index is 13.1. The molecule has 0 radical (unpaired) electrons. The van der Waals surface area contributed by atoms with E-state index < -0.39 is 5.82 Å². The van der Waals surface area contributed by atoms with Crippen LogP contribution in [0.1, 0.15) is 17.2 Å². The van der Waals surface area contributed by atoms with E-state index in [4.69, 9.17) is 17.3 Å². The molecular weight excluding hydrogens is 404 g/mol. The average Bonchev–Trinajstić information content (AvgIpc) is 2.63. The molecule has 2 N–H and O–H groups in total. The van der Waals surface area contributed by atoms with E-state index in [0.29, 0.717) is 6.42 Å². The Labute approximate surface area is 130 Å². The van der Waals surface area contributed by atoms with Crippen molar-refractivity contribution < 1.29 is 4.39 Å². The van der Waals surface area contributed by atoms with Crippen molar-refractivity contribution >= 4 is 54.8 Å². The second-order valence-corrected chi connectivity index (χ2v) is 8.00. The first-order chi connectivity index (χ1) is 8.47. The molecule has 0 fully saturated rings. The second-order valence-electron chi connectivity index (χ2n) is 3.84. The van der Waals surface area contributed by atoms with Crippen molar-refractivity contribution in [2.75, 3.05) is 0 Å². The van der Waals surface area contributed by atoms with Crippen molar-refractivity contribution in [1.29, 1.82) is 0 Å². The summed E-state index contributed by atoms with van der Waals surface area (Å²) in [5.74, 6) is -0.409. The zero-order valence-electron chi connectivity index (χ0n) is 9.09. The fourth-order valence-electron chi connectivity index (χ4n) is 1.64. The van der Waals surface area contributed by atoms with E-state index in [-0.39, 0.29) is 11.1 Å². The highest BCUT2D eigenvalue weighted by Crippen LogP contribution is 2.35. The van der Waals surface area contributed by atoms with Crippen molar-refractivity contribution in [3.8, 4) is 0 Å². The van der Waals surface area contributed by atoms with Gasteiger partial charge in [0, 0.05) is 6.04 Å². The normalized spacial score (nSPS) is 12.7. The Balaban J connectivity index is 2.18. The quantitative estimate of drug-likeness (QED) is 0.725. The van der Waals surface area contributed by atoms with Crippen molar-refractivity contribution in [1.82, 2.24) is 0 Å². The Bertz CT molecular complexity index is 573. The monoisotopic (exact) mass is 411 g/mol. The smallest absolute Gasteiger partial charge is 0.141 e. The van der Waals surface area contributed by atoms with E-state index in [1.807, 2.05) is 6.07 Å². The van der Waals surface area contributed by atoms with Gasteiger partial charge < -0.3 is 5.73 Å². The summed E-state index contributed by atoms with van der Waals surface area (Å²) in [7, 11) is 0. The lowest BCUT2D eigenvalue weighted by atomic mass is 10.0. The third-order valence-corrected chi connectivity index (χ3v) is 5.20. The summed E-state index contributed by atoms with van der Waals surface area (Å²) in [6.07, 6.45) is 0.613. The largest absolute Gasteiger partial charge is 0.324 e. The second kappa shape index (κ2) is 6.01. The minimum Gasteiger partial charge on any atom is -0.324 e. The first-order valence-electron chi connectivity index (χ1n) is 5.11. The first kappa shape index (κ1) is 14.5. The predicted octanol–water partition coefficient (Wildman–Crippen LogP) is 5.31. The van der Waals surface area contributed by atoms with Crippen LogP contribution in [-0.2, 0) is 6.42 Å². The topological polar surface area (TPSA) is 26.0 Å². The van der Waals surface area contributed by atoms with Crippen molar-refractivity contribution in [2.24, 2.45) is 5.73 Å². The Kier molecular flexibility index (Phi) is 4.83. The minimum atomic E-state index is -0.409. The van der Waals surface area contributed by atoms with Crippen LogP contribution in [0, 0.1) is 5.82 Å². The summed E-state index contributed by atoms with van der Waals surface area (Å²) in [6.45, 7) is 0. The molecule has 6 heteroatoms. The van der Waals surface area contributed by atoms with Gasteiger partial charge in [0.25, 0.3) is 0 Å². The molecule has 1 nitrogen and oxygen atoms in total. The van der Waals surface area contributed by atoms with E-state index in [1.165, 1.54) is 6.07 Å². The zero-order chi connectivity index (χ0) is 13.3. The molecule has 0 aliphatic carbocycles. The standard InChI is InChI=1S/C12H9Br2ClFNS/c13-11-5-7(12(14)18-11)10(17)4-6-1-2-9(16)8(15)3-6/h1-3,5,10H,4,17H2. The van der Waals surface area contributed by atoms with E-state index >= 15 is 0 Å². The van der Waals surface area contributed by atoms with E-state index in [0.717, 1.165) is 18.7 Å². The molecule has 0 saturated carbocycles. The van der Waals surface area contributed by atoms with Gasteiger partial charge in [-0.2, -0.15) is 0 Å². The van der Waals surface area contributed by atoms with Crippen LogP contribution < -0.4 is 5.73 Å². The molecule has 1 aromatic carbocycles. The minimum absolute atomic E-state index is 0.130. The number of thiophene rings is 1. The van der Waals surface area contributed by atoms with Gasteiger partial charge in [0.05, 0.1) is 12.6 Å². The van der Waals surface area contributed by atoms with Gasteiger partial charge in [-0.25, -0.2) is 4.39 Å². The van der Waals surface area contributed by atoms with Crippen molar-refractivity contribution in [3.05, 3.63) is 53.8 Å². The summed E-state index contributed by atoms with van der Waals surface area (Å²) in [5, 5.41) is 0.130. The van der Waals surface area contributed by atoms with E-state index in [2.05, 4.69) is 31.9 Å². The molecule has 1 aromatic heterocycles. The molecule has 2 rings (SSSR count). The summed E-state index contributed by atoms with van der Waals surface area (Å²) in [5.41, 5.74) is 8.10. The SMILES string of the molecule is NC(Cc1ccc(F)c(Cl)c1)c1cc(Br)sc1Br. The highest BCUT2D eigenvalue weighted by molar-refractivity contribution is 9.12. The number of halogens is 4. The van der Waals surface area contributed by atoms with Crippen LogP contribution in [0.5, 0.6) is 0 Å². The average molecular weight is 414 g/mol. The molecule has 0 bridgehead atoms. The van der Waals surface area contributed by atoms with Gasteiger partial charge in [-0.3, -0.25) is 0 Å². The molecule has 0 aliphatic heterocycles. The number of hydrogen-bond acceptors (Lipinski definition) is 2. The number of nitrogens with two attached hydrogens (primary N) is 1. The third-order valence-electron chi connectivity index (χ3n) is 2.52. The molecule has 0 saturated heterocycles. The molecule has 0 amide bonds. The number of benzene rings is 1. The number of rotatable bonds is 3. The van der Waals surface area contributed by atoms with Crippen LogP contribution in [0.15, 0.2) is 31.8 Å². The van der Waals surface area contributed by atoms with E-state index in [9.17, 15) is 4.39 Å². The van der Waals surface area contributed by atoms with E-state index in [1.54, 1.807) is 23.5 Å². The maximum Gasteiger partial charge on any atom is 0.141 e. The molecule has 1 atom stereocenters. The summed E-state index contributed by atoms with van der Waals surface area (Å²) in [6, 6.07) is 6.53. The molecule has 0 aliphatic rings. The maximum absolute atomic E-state index is 13.1. The van der Waals surface area contributed by atoms with Gasteiger partial charge in [-0.1, -0.05) is 17.7 Å². The number of hydrogen-bond donors (Lipinski definition) is 1. The molecule has 1 heterocycles. The molecule has 0 spiro atoms. The molecule has 1 unspecified atom stereocenters. The fraction of sp³-hybridized carbons (Fsp3) is 0.167. The lowest BCUT2D eigenvalue weighted by Crippen LogP contribution is -2.13. The molecule has 18 heavy (non-hydrogen) atoms. The predicted molar refractivity (Wildman–Crippen MR) is 81.8 cm³/mol. The Morgan fingerprint density at radius 1 is 1.33 bits per heavy atom. The van der Waals surface area contributed by atoms with Crippen LogP contribution in [-0.4, -0.2) is 0 Å². The lowest BCUT2D eigenvalue weighted by molar-refractivity contribution is 0.626. The van der Waals surface area contributed by atoms with Crippen LogP contribution in [0.4, 0.5) is 4.39 Å². The van der Waals surface area contributed by atoms with Gasteiger partial charge in [-0.05, 0) is 67.6 Å². The van der Waals surface area contributed by atoms with Crippen molar-refractivity contribution in [2.45, 2.75) is 12.5 Å². The van der Waals surface area contributed by atoms with Crippen molar-refractivity contribution in [3.63, 3.8) is 0 Å². The fourth-order valence-corrected chi connectivity index (χ4v) is 4.84. The Morgan fingerprint density at radius 2 is 2.06 bits per heavy atom. The van der Waals surface area contributed by atoms with Gasteiger partial charge in [0.1, 0.15) is 5.82 Å². The van der Waals surface area contributed by atoms with Gasteiger partial charge >= 0.3 is 0 Å². The summed E-state index contributed by atoms with van der Waals surface area (Å²) >= 11 is 14.2. The van der Waals surface area contributed by atoms with Crippen LogP contribution in [0.25, 0.3) is 0 Å². The summed E-state index contributed by atoms with van der Waals surface area (Å²) in [4.78, 5) is 0. The van der Waals surface area contributed by atoms with Gasteiger partial charge in [0.15, 0.2) is 0 Å². The summed E-state index contributed by atoms with van der Waals surface area (Å²) < 4.78 is 15.1. The highest BCUT2D eigenvalue weighted by atomic mass is 79.9. The van der Waals surface area contributed by atoms with Crippen LogP contribution in [0.2, 0.25) is 5.02 Å². The highest BCUT2D eigenvalue weighted by Gasteiger charge is 2.14. The molecular formula is C12H9Br2ClFNS. The molecule has 96 valence electrons. The third kappa shape index (κ3) is 3.33. The van der Waals surface area contributed by atoms with Crippen LogP contribution >= 0.6 is 54.8 Å². The van der Waals surface area contributed by atoms with Gasteiger partial charge in [-0.15, -0.1) is 11.3 Å². The Hall–Kier alpha value is 0.0600. The Morgan fingerprint density at radius 3 is 2.61 bits per heavy atom. The molecule has 2 aromatic rings. The zero-order valence-corrected chi connectivity index (χ0v) is 13.8. The lowest BCUT2D eigenvalue weighted by Gasteiger charge is -2.11. The first-order valence-corrected chi connectivity index (χ1v) is 7.89. The van der Waals surface area contributed by atoms with Crippen LogP contribution in [0.3, 0.4) is 0 Å².